The molecule has 0 aromatic rings. The lowest BCUT2D eigenvalue weighted by atomic mass is 9.92. The van der Waals surface area contributed by atoms with E-state index in [2.05, 4.69) is 24.5 Å². The van der Waals surface area contributed by atoms with Gasteiger partial charge < -0.3 is 15.7 Å². The number of rotatable bonds is 3. The smallest absolute Gasteiger partial charge is 0.0486 e. The molecule has 3 N–H and O–H groups in total. The second-order valence-corrected chi connectivity index (χ2v) is 3.94. The second kappa shape index (κ2) is 4.21. The summed E-state index contributed by atoms with van der Waals surface area (Å²) in [6.07, 6.45) is 0. The summed E-state index contributed by atoms with van der Waals surface area (Å²) in [4.78, 5) is 0. The third-order valence-electron chi connectivity index (χ3n) is 2.80. The van der Waals surface area contributed by atoms with Gasteiger partial charge in [0.1, 0.15) is 0 Å². The number of hydrogen-bond donors (Lipinski definition) is 3. The molecule has 0 saturated carbocycles. The minimum Gasteiger partial charge on any atom is -0.396 e. The normalized spacial score (nSPS) is 36.2. The van der Waals surface area contributed by atoms with E-state index in [0.717, 1.165) is 6.54 Å². The molecule has 1 aliphatic rings. The van der Waals surface area contributed by atoms with Gasteiger partial charge in [0.2, 0.25) is 0 Å². The molecule has 0 unspecified atom stereocenters. The zero-order valence-corrected chi connectivity index (χ0v) is 8.17. The Morgan fingerprint density at radius 2 is 2.25 bits per heavy atom. The largest absolute Gasteiger partial charge is 0.396 e. The molecule has 0 radical (unpaired) electrons. The Bertz CT molecular complexity index is 138. The monoisotopic (exact) mass is 172 g/mol. The van der Waals surface area contributed by atoms with E-state index in [-0.39, 0.29) is 6.61 Å². The van der Waals surface area contributed by atoms with Gasteiger partial charge in [-0.3, -0.25) is 0 Å². The number of aliphatic hydroxyl groups is 1. The molecule has 0 aliphatic carbocycles. The summed E-state index contributed by atoms with van der Waals surface area (Å²) in [5.41, 5.74) is 0. The summed E-state index contributed by atoms with van der Waals surface area (Å²) in [5, 5.41) is 15.8. The van der Waals surface area contributed by atoms with E-state index in [1.54, 1.807) is 0 Å². The van der Waals surface area contributed by atoms with Gasteiger partial charge in [0, 0.05) is 31.2 Å². The lowest BCUT2D eigenvalue weighted by Crippen LogP contribution is -2.45. The van der Waals surface area contributed by atoms with Crippen molar-refractivity contribution >= 4 is 0 Å². The van der Waals surface area contributed by atoms with Gasteiger partial charge in [-0.15, -0.1) is 0 Å². The number of aliphatic hydroxyl groups excluding tert-OH is 1. The van der Waals surface area contributed by atoms with Crippen LogP contribution in [0.1, 0.15) is 13.8 Å². The van der Waals surface area contributed by atoms with Crippen LogP contribution in [0.4, 0.5) is 0 Å². The topological polar surface area (TPSA) is 44.3 Å². The van der Waals surface area contributed by atoms with Gasteiger partial charge in [0.05, 0.1) is 0 Å². The maximum atomic E-state index is 9.09. The van der Waals surface area contributed by atoms with Crippen LogP contribution in [0.15, 0.2) is 0 Å². The molecular weight excluding hydrogens is 152 g/mol. The molecular formula is C9H20N2O. The van der Waals surface area contributed by atoms with Crippen molar-refractivity contribution in [2.24, 2.45) is 11.8 Å². The highest BCUT2D eigenvalue weighted by atomic mass is 16.3. The van der Waals surface area contributed by atoms with Crippen molar-refractivity contribution in [3.05, 3.63) is 0 Å². The Hall–Kier alpha value is -0.120. The van der Waals surface area contributed by atoms with Crippen molar-refractivity contribution in [1.82, 2.24) is 10.6 Å². The quantitative estimate of drug-likeness (QED) is 0.553. The Balaban J connectivity index is 2.56. The van der Waals surface area contributed by atoms with Crippen LogP contribution in [0.3, 0.4) is 0 Å². The molecule has 72 valence electrons. The summed E-state index contributed by atoms with van der Waals surface area (Å²) >= 11 is 0. The maximum Gasteiger partial charge on any atom is 0.0486 e. The van der Waals surface area contributed by atoms with Gasteiger partial charge in [-0.2, -0.15) is 0 Å². The van der Waals surface area contributed by atoms with Gasteiger partial charge in [0.25, 0.3) is 0 Å². The average molecular weight is 172 g/mol. The number of nitrogens with one attached hydrogen (secondary N) is 2. The van der Waals surface area contributed by atoms with Crippen LogP contribution in [-0.4, -0.2) is 37.4 Å². The van der Waals surface area contributed by atoms with Crippen molar-refractivity contribution < 1.29 is 5.11 Å². The van der Waals surface area contributed by atoms with Crippen LogP contribution in [0.25, 0.3) is 0 Å². The van der Waals surface area contributed by atoms with Crippen LogP contribution in [0.5, 0.6) is 0 Å². The molecule has 1 fully saturated rings. The Morgan fingerprint density at radius 3 is 2.67 bits per heavy atom. The lowest BCUT2D eigenvalue weighted by molar-refractivity contribution is 0.207. The maximum absolute atomic E-state index is 9.09. The van der Waals surface area contributed by atoms with Gasteiger partial charge in [0.15, 0.2) is 0 Å². The molecule has 1 heterocycles. The fraction of sp³-hybridized carbons (Fsp3) is 1.00. The molecule has 3 atom stereocenters. The minimum atomic E-state index is 0.279. The van der Waals surface area contributed by atoms with Crippen LogP contribution in [0.2, 0.25) is 0 Å². The average Bonchev–Trinajstić information content (AvgIpc) is 2.46. The van der Waals surface area contributed by atoms with Crippen molar-refractivity contribution in [2.75, 3.05) is 20.2 Å². The predicted molar refractivity (Wildman–Crippen MR) is 50.1 cm³/mol. The molecule has 1 aliphatic heterocycles. The van der Waals surface area contributed by atoms with E-state index in [0.29, 0.717) is 23.9 Å². The Morgan fingerprint density at radius 1 is 1.58 bits per heavy atom. The third-order valence-corrected chi connectivity index (χ3v) is 2.80. The fourth-order valence-electron chi connectivity index (χ4n) is 2.08. The van der Waals surface area contributed by atoms with Crippen molar-refractivity contribution in [2.45, 2.75) is 25.9 Å². The van der Waals surface area contributed by atoms with Crippen LogP contribution in [0, 0.1) is 11.8 Å². The molecule has 0 amide bonds. The fourth-order valence-corrected chi connectivity index (χ4v) is 2.08. The lowest BCUT2D eigenvalue weighted by Gasteiger charge is -2.25. The van der Waals surface area contributed by atoms with Gasteiger partial charge in [-0.1, -0.05) is 13.8 Å². The molecule has 1 saturated heterocycles. The van der Waals surface area contributed by atoms with Gasteiger partial charge in [-0.25, -0.2) is 0 Å². The molecule has 1 rings (SSSR count). The van der Waals surface area contributed by atoms with Crippen molar-refractivity contribution in [3.63, 3.8) is 0 Å². The van der Waals surface area contributed by atoms with Crippen LogP contribution in [-0.2, 0) is 0 Å². The van der Waals surface area contributed by atoms with E-state index >= 15 is 0 Å². The first-order valence-electron chi connectivity index (χ1n) is 4.72. The minimum absolute atomic E-state index is 0.279. The molecule has 12 heavy (non-hydrogen) atoms. The highest BCUT2D eigenvalue weighted by Crippen LogP contribution is 2.19. The van der Waals surface area contributed by atoms with Crippen LogP contribution >= 0.6 is 0 Å². The summed E-state index contributed by atoms with van der Waals surface area (Å²) < 4.78 is 0. The first kappa shape index (κ1) is 9.96. The molecule has 0 aromatic heterocycles. The molecule has 3 nitrogen and oxygen atoms in total. The van der Waals surface area contributed by atoms with Crippen LogP contribution < -0.4 is 10.6 Å². The zero-order valence-electron chi connectivity index (χ0n) is 8.17. The summed E-state index contributed by atoms with van der Waals surface area (Å²) in [7, 11) is 1.97. The standard InChI is InChI=1S/C9H20N2O/c1-6(2)8-9(10-3)7(5-12)4-11-8/h6-12H,4-5H2,1-3H3/t7-,8-,9+/m0/s1. The van der Waals surface area contributed by atoms with Gasteiger partial charge in [-0.05, 0) is 13.0 Å². The SMILES string of the molecule is CN[C@@H]1[C@H](CO)CN[C@H]1C(C)C. The summed E-state index contributed by atoms with van der Waals surface area (Å²) in [5.74, 6) is 1.00. The number of hydrogen-bond acceptors (Lipinski definition) is 3. The first-order valence-corrected chi connectivity index (χ1v) is 4.72. The van der Waals surface area contributed by atoms with Crippen molar-refractivity contribution in [1.29, 1.82) is 0 Å². The summed E-state index contributed by atoms with van der Waals surface area (Å²) in [6, 6.07) is 0.933. The van der Waals surface area contributed by atoms with E-state index < -0.39 is 0 Å². The molecule has 3 heteroatoms. The molecule has 0 aromatic carbocycles. The van der Waals surface area contributed by atoms with E-state index in [1.807, 2.05) is 7.05 Å². The van der Waals surface area contributed by atoms with Gasteiger partial charge >= 0.3 is 0 Å². The first-order chi connectivity index (χ1) is 5.70. The Labute approximate surface area is 74.5 Å². The highest BCUT2D eigenvalue weighted by Gasteiger charge is 2.35. The second-order valence-electron chi connectivity index (χ2n) is 3.94. The Kier molecular flexibility index (Phi) is 3.50. The van der Waals surface area contributed by atoms with E-state index in [1.165, 1.54) is 0 Å². The molecule has 0 bridgehead atoms. The highest BCUT2D eigenvalue weighted by molar-refractivity contribution is 4.95. The zero-order chi connectivity index (χ0) is 9.14. The predicted octanol–water partition coefficient (Wildman–Crippen LogP) is -0.189. The molecule has 0 spiro atoms. The van der Waals surface area contributed by atoms with E-state index in [9.17, 15) is 0 Å². The van der Waals surface area contributed by atoms with Crippen molar-refractivity contribution in [3.8, 4) is 0 Å². The van der Waals surface area contributed by atoms with E-state index in [4.69, 9.17) is 5.11 Å². The third kappa shape index (κ3) is 1.79. The number of likely N-dealkylation sites (N-methyl/N-ethyl adjacent to an activating group) is 1. The summed E-state index contributed by atoms with van der Waals surface area (Å²) in [6.45, 7) is 5.64.